The van der Waals surface area contributed by atoms with Gasteiger partial charge in [-0.1, -0.05) is 12.1 Å². The molecule has 2 unspecified atom stereocenters. The van der Waals surface area contributed by atoms with E-state index in [9.17, 15) is 15.0 Å². The summed E-state index contributed by atoms with van der Waals surface area (Å²) >= 11 is 0. The van der Waals surface area contributed by atoms with E-state index >= 15 is 0 Å². The fourth-order valence-electron chi connectivity index (χ4n) is 2.92. The van der Waals surface area contributed by atoms with Crippen LogP contribution >= 0.6 is 0 Å². The number of urea groups is 1. The van der Waals surface area contributed by atoms with E-state index in [-0.39, 0.29) is 24.4 Å². The third-order valence-electron chi connectivity index (χ3n) is 4.20. The van der Waals surface area contributed by atoms with Crippen molar-refractivity contribution in [2.75, 3.05) is 6.54 Å². The van der Waals surface area contributed by atoms with Crippen molar-refractivity contribution in [1.29, 1.82) is 0 Å². The minimum Gasteiger partial charge on any atom is -0.508 e. The van der Waals surface area contributed by atoms with Gasteiger partial charge < -0.3 is 25.3 Å². The number of furan rings is 1. The molecule has 0 saturated carbocycles. The molecule has 0 spiro atoms. The molecule has 1 aromatic heterocycles. The van der Waals surface area contributed by atoms with Gasteiger partial charge in [0.1, 0.15) is 17.1 Å². The van der Waals surface area contributed by atoms with E-state index < -0.39 is 5.60 Å². The molecule has 23 heavy (non-hydrogen) atoms. The summed E-state index contributed by atoms with van der Waals surface area (Å²) < 4.78 is 5.17. The number of hydrogen-bond donors (Lipinski definition) is 4. The van der Waals surface area contributed by atoms with Gasteiger partial charge in [-0.25, -0.2) is 4.79 Å². The van der Waals surface area contributed by atoms with Crippen LogP contribution < -0.4 is 10.6 Å². The zero-order valence-corrected chi connectivity index (χ0v) is 12.9. The van der Waals surface area contributed by atoms with Crippen molar-refractivity contribution in [2.24, 2.45) is 0 Å². The molecule has 0 aliphatic heterocycles. The van der Waals surface area contributed by atoms with Crippen LogP contribution in [0.1, 0.15) is 36.3 Å². The predicted octanol–water partition coefficient (Wildman–Crippen LogP) is 2.18. The van der Waals surface area contributed by atoms with E-state index in [0.717, 1.165) is 24.0 Å². The highest BCUT2D eigenvalue weighted by atomic mass is 16.4. The van der Waals surface area contributed by atoms with Gasteiger partial charge in [0.25, 0.3) is 0 Å². The largest absolute Gasteiger partial charge is 0.508 e. The standard InChI is InChI=1S/C17H20N2O4/c1-17(22,15-6-3-9-23-15)10-18-16(21)19-13-8-7-12-11(13)4-2-5-14(12)20/h2-6,9,13,20,22H,7-8,10H2,1H3,(H2,18,19,21). The molecule has 3 rings (SSSR count). The molecule has 0 radical (unpaired) electrons. The number of fused-ring (bicyclic) bond motifs is 1. The molecule has 1 aliphatic carbocycles. The molecule has 1 aliphatic rings. The van der Waals surface area contributed by atoms with Gasteiger partial charge in [0, 0.05) is 0 Å². The summed E-state index contributed by atoms with van der Waals surface area (Å²) in [5, 5.41) is 25.7. The van der Waals surface area contributed by atoms with Gasteiger partial charge in [0.15, 0.2) is 0 Å². The Morgan fingerprint density at radius 2 is 2.22 bits per heavy atom. The summed E-state index contributed by atoms with van der Waals surface area (Å²) in [6.07, 6.45) is 2.96. The predicted molar refractivity (Wildman–Crippen MR) is 84.0 cm³/mol. The van der Waals surface area contributed by atoms with Crippen LogP contribution in [0.3, 0.4) is 0 Å². The van der Waals surface area contributed by atoms with Crippen molar-refractivity contribution in [3.8, 4) is 5.75 Å². The fourth-order valence-corrected chi connectivity index (χ4v) is 2.92. The van der Waals surface area contributed by atoms with E-state index in [2.05, 4.69) is 10.6 Å². The SMILES string of the molecule is CC(O)(CNC(=O)NC1CCc2c(O)cccc21)c1ccco1. The van der Waals surface area contributed by atoms with Crippen LogP contribution in [-0.2, 0) is 12.0 Å². The molecular weight excluding hydrogens is 296 g/mol. The Balaban J connectivity index is 1.58. The van der Waals surface area contributed by atoms with E-state index in [0.29, 0.717) is 5.76 Å². The molecule has 6 heteroatoms. The number of aromatic hydroxyl groups is 1. The Morgan fingerprint density at radius 3 is 2.96 bits per heavy atom. The minimum atomic E-state index is -1.27. The lowest BCUT2D eigenvalue weighted by atomic mass is 10.0. The lowest BCUT2D eigenvalue weighted by Crippen LogP contribution is -2.44. The number of aliphatic hydroxyl groups is 1. The molecule has 6 nitrogen and oxygen atoms in total. The lowest BCUT2D eigenvalue weighted by molar-refractivity contribution is 0.0366. The van der Waals surface area contributed by atoms with Crippen molar-refractivity contribution < 1.29 is 19.4 Å². The molecule has 0 bridgehead atoms. The van der Waals surface area contributed by atoms with Gasteiger partial charge in [-0.3, -0.25) is 0 Å². The van der Waals surface area contributed by atoms with Crippen LogP contribution in [0.25, 0.3) is 0 Å². The average molecular weight is 316 g/mol. The summed E-state index contributed by atoms with van der Waals surface area (Å²) in [4.78, 5) is 12.1. The van der Waals surface area contributed by atoms with Crippen LogP contribution in [0.2, 0.25) is 0 Å². The Hall–Kier alpha value is -2.47. The van der Waals surface area contributed by atoms with Crippen LogP contribution in [0, 0.1) is 0 Å². The first-order valence-corrected chi connectivity index (χ1v) is 7.59. The van der Waals surface area contributed by atoms with Crippen molar-refractivity contribution in [1.82, 2.24) is 10.6 Å². The van der Waals surface area contributed by atoms with Gasteiger partial charge in [0.2, 0.25) is 0 Å². The van der Waals surface area contributed by atoms with E-state index in [1.807, 2.05) is 6.07 Å². The van der Waals surface area contributed by atoms with Crippen molar-refractivity contribution >= 4 is 6.03 Å². The Morgan fingerprint density at radius 1 is 1.39 bits per heavy atom. The van der Waals surface area contributed by atoms with Gasteiger partial charge in [-0.05, 0) is 49.1 Å². The molecule has 2 atom stereocenters. The maximum Gasteiger partial charge on any atom is 0.315 e. The zero-order valence-electron chi connectivity index (χ0n) is 12.9. The third kappa shape index (κ3) is 3.17. The molecule has 2 aromatic rings. The van der Waals surface area contributed by atoms with Crippen LogP contribution in [0.5, 0.6) is 5.75 Å². The van der Waals surface area contributed by atoms with Gasteiger partial charge in [-0.2, -0.15) is 0 Å². The number of phenolic OH excluding ortho intramolecular Hbond substituents is 1. The van der Waals surface area contributed by atoms with E-state index in [4.69, 9.17) is 4.42 Å². The molecule has 0 saturated heterocycles. The van der Waals surface area contributed by atoms with E-state index in [1.54, 1.807) is 31.2 Å². The Kier molecular flexibility index (Phi) is 4.00. The number of rotatable bonds is 4. The molecule has 2 amide bonds. The monoisotopic (exact) mass is 316 g/mol. The van der Waals surface area contributed by atoms with Crippen LogP contribution in [0.4, 0.5) is 4.79 Å². The highest BCUT2D eigenvalue weighted by Gasteiger charge is 2.29. The highest BCUT2D eigenvalue weighted by molar-refractivity contribution is 5.74. The molecular formula is C17H20N2O4. The summed E-state index contributed by atoms with van der Waals surface area (Å²) in [5.74, 6) is 0.668. The van der Waals surface area contributed by atoms with Crippen LogP contribution in [0.15, 0.2) is 41.0 Å². The summed E-state index contributed by atoms with van der Waals surface area (Å²) in [6.45, 7) is 1.61. The first kappa shape index (κ1) is 15.4. The summed E-state index contributed by atoms with van der Waals surface area (Å²) in [6, 6.07) is 8.19. The minimum absolute atomic E-state index is 0.0337. The second-order valence-electron chi connectivity index (χ2n) is 6.01. The Labute approximate surface area is 134 Å². The first-order chi connectivity index (χ1) is 11.0. The molecule has 4 N–H and O–H groups in total. The second-order valence-corrected chi connectivity index (χ2v) is 6.01. The number of carbonyl (C=O) groups is 1. The fraction of sp³-hybridized carbons (Fsp3) is 0.353. The zero-order chi connectivity index (χ0) is 16.4. The summed E-state index contributed by atoms with van der Waals surface area (Å²) in [7, 11) is 0. The highest BCUT2D eigenvalue weighted by Crippen LogP contribution is 2.36. The van der Waals surface area contributed by atoms with E-state index in [1.165, 1.54) is 6.26 Å². The molecule has 0 fully saturated rings. The number of carbonyl (C=O) groups excluding carboxylic acids is 1. The quantitative estimate of drug-likeness (QED) is 0.695. The lowest BCUT2D eigenvalue weighted by Gasteiger charge is -2.22. The number of amides is 2. The molecule has 1 heterocycles. The average Bonchev–Trinajstić information content (AvgIpc) is 3.17. The Bertz CT molecular complexity index is 695. The van der Waals surface area contributed by atoms with Crippen molar-refractivity contribution in [2.45, 2.75) is 31.4 Å². The molecule has 122 valence electrons. The van der Waals surface area contributed by atoms with Crippen molar-refractivity contribution in [3.63, 3.8) is 0 Å². The first-order valence-electron chi connectivity index (χ1n) is 7.59. The third-order valence-corrected chi connectivity index (χ3v) is 4.20. The summed E-state index contributed by atoms with van der Waals surface area (Å²) in [5.41, 5.74) is 0.561. The number of hydrogen-bond acceptors (Lipinski definition) is 4. The second kappa shape index (κ2) is 5.96. The normalized spacial score (nSPS) is 19.0. The number of benzene rings is 1. The maximum atomic E-state index is 12.1. The molecule has 1 aromatic carbocycles. The topological polar surface area (TPSA) is 94.7 Å². The smallest absolute Gasteiger partial charge is 0.315 e. The number of nitrogens with one attached hydrogen (secondary N) is 2. The van der Waals surface area contributed by atoms with Gasteiger partial charge >= 0.3 is 6.03 Å². The van der Waals surface area contributed by atoms with Crippen molar-refractivity contribution in [3.05, 3.63) is 53.5 Å². The van der Waals surface area contributed by atoms with Gasteiger partial charge in [-0.15, -0.1) is 0 Å². The van der Waals surface area contributed by atoms with Gasteiger partial charge in [0.05, 0.1) is 18.8 Å². The maximum absolute atomic E-state index is 12.1. The number of phenols is 1. The van der Waals surface area contributed by atoms with Crippen LogP contribution in [-0.4, -0.2) is 22.8 Å².